The SMILES string of the molecule is CCc1c(NC[C@H](NCc2ccc(-c3ccncc3)cc2)C(=O)O)ncnc1N1CCC(c2ccc3c(n2)NCCC3)CC1.O=C(C(=O)C(F)(F)F)C(F)(F)F. The Labute approximate surface area is 318 Å². The van der Waals surface area contributed by atoms with Crippen LogP contribution in [0.5, 0.6) is 0 Å². The van der Waals surface area contributed by atoms with Crippen LogP contribution in [0.4, 0.5) is 43.8 Å². The number of halogens is 6. The topological polar surface area (TPSA) is 162 Å². The molecule has 1 fully saturated rings. The minimum atomic E-state index is -5.77. The van der Waals surface area contributed by atoms with E-state index in [1.165, 1.54) is 11.3 Å². The molecule has 1 aromatic carbocycles. The summed E-state index contributed by atoms with van der Waals surface area (Å²) in [6.07, 6.45) is -1.40. The first-order valence-corrected chi connectivity index (χ1v) is 17.9. The van der Waals surface area contributed by atoms with Gasteiger partial charge in [-0.05, 0) is 72.6 Å². The molecular weight excluding hydrogens is 746 g/mol. The van der Waals surface area contributed by atoms with Crippen molar-refractivity contribution in [2.24, 2.45) is 0 Å². The number of hydrogen-bond acceptors (Lipinski definition) is 11. The van der Waals surface area contributed by atoms with E-state index < -0.39 is 35.9 Å². The Bertz CT molecular complexity index is 1950. The molecule has 0 radical (unpaired) electrons. The van der Waals surface area contributed by atoms with Crippen molar-refractivity contribution in [3.05, 3.63) is 89.6 Å². The first kappa shape index (κ1) is 41.5. The van der Waals surface area contributed by atoms with Gasteiger partial charge in [0.1, 0.15) is 29.8 Å². The highest BCUT2D eigenvalue weighted by Gasteiger charge is 2.54. The van der Waals surface area contributed by atoms with Gasteiger partial charge in [0.05, 0.1) is 0 Å². The highest BCUT2D eigenvalue weighted by atomic mass is 19.4. The zero-order valence-electron chi connectivity index (χ0n) is 30.3. The molecule has 3 aromatic heterocycles. The fourth-order valence-corrected chi connectivity index (χ4v) is 6.41. The molecule has 2 aliphatic rings. The minimum Gasteiger partial charge on any atom is -0.480 e. The largest absolute Gasteiger partial charge is 0.480 e. The molecule has 0 bridgehead atoms. The normalized spacial score (nSPS) is 15.1. The molecule has 1 atom stereocenters. The number of nitrogens with one attached hydrogen (secondary N) is 3. The third kappa shape index (κ3) is 10.8. The van der Waals surface area contributed by atoms with Crippen LogP contribution < -0.4 is 20.9 Å². The van der Waals surface area contributed by atoms with Crippen molar-refractivity contribution >= 4 is 35.0 Å². The number of aryl methyl sites for hydroxylation is 1. The zero-order chi connectivity index (χ0) is 40.5. The van der Waals surface area contributed by atoms with Crippen LogP contribution in [-0.4, -0.2) is 87.2 Å². The smallest absolute Gasteiger partial charge is 0.458 e. The molecule has 12 nitrogen and oxygen atoms in total. The van der Waals surface area contributed by atoms with Crippen LogP contribution >= 0.6 is 0 Å². The second-order valence-corrected chi connectivity index (χ2v) is 13.2. The number of piperidine rings is 1. The molecule has 0 spiro atoms. The summed E-state index contributed by atoms with van der Waals surface area (Å²) in [6.45, 7) is 5.51. The van der Waals surface area contributed by atoms with Gasteiger partial charge in [0.25, 0.3) is 0 Å². The zero-order valence-corrected chi connectivity index (χ0v) is 30.3. The number of hydrogen-bond donors (Lipinski definition) is 4. The Kier molecular flexibility index (Phi) is 13.6. The molecule has 5 heterocycles. The number of carbonyl (C=O) groups is 3. The lowest BCUT2D eigenvalue weighted by Crippen LogP contribution is -2.42. The fourth-order valence-electron chi connectivity index (χ4n) is 6.41. The van der Waals surface area contributed by atoms with Gasteiger partial charge in [-0.3, -0.25) is 24.7 Å². The number of benzene rings is 1. The molecule has 0 amide bonds. The van der Waals surface area contributed by atoms with E-state index in [9.17, 15) is 45.8 Å². The van der Waals surface area contributed by atoms with Crippen molar-refractivity contribution < 1.29 is 45.8 Å². The third-order valence-electron chi connectivity index (χ3n) is 9.42. The summed E-state index contributed by atoms with van der Waals surface area (Å²) < 4.78 is 67.0. The number of carbonyl (C=O) groups excluding carboxylic acids is 2. The van der Waals surface area contributed by atoms with Crippen molar-refractivity contribution in [3.8, 4) is 11.1 Å². The summed E-state index contributed by atoms with van der Waals surface area (Å²) in [7, 11) is 0. The molecule has 18 heteroatoms. The van der Waals surface area contributed by atoms with Crippen LogP contribution in [0.2, 0.25) is 0 Å². The van der Waals surface area contributed by atoms with Crippen molar-refractivity contribution in [3.63, 3.8) is 0 Å². The van der Waals surface area contributed by atoms with E-state index in [1.807, 2.05) is 36.4 Å². The summed E-state index contributed by atoms with van der Waals surface area (Å²) >= 11 is 0. The monoisotopic (exact) mass is 786 g/mol. The quantitative estimate of drug-likeness (QED) is 0.0961. The number of aromatic nitrogens is 4. The molecular formula is C38H40F6N8O4. The number of nitrogens with zero attached hydrogens (tertiary/aromatic N) is 5. The van der Waals surface area contributed by atoms with Crippen LogP contribution in [0.15, 0.2) is 67.3 Å². The molecule has 6 rings (SSSR count). The Morgan fingerprint density at radius 2 is 1.55 bits per heavy atom. The van der Waals surface area contributed by atoms with E-state index in [1.54, 1.807) is 18.7 Å². The fraction of sp³-hybridized carbons (Fsp3) is 0.395. The lowest BCUT2D eigenvalue weighted by atomic mass is 9.92. The second kappa shape index (κ2) is 18.3. The average Bonchev–Trinajstić information content (AvgIpc) is 3.20. The summed E-state index contributed by atoms with van der Waals surface area (Å²) in [6, 6.07) is 15.7. The Morgan fingerprint density at radius 1 is 0.911 bits per heavy atom. The highest BCUT2D eigenvalue weighted by molar-refractivity contribution is 6.41. The number of alkyl halides is 6. The Hall–Kier alpha value is -5.65. The first-order valence-electron chi connectivity index (χ1n) is 17.9. The van der Waals surface area contributed by atoms with Gasteiger partial charge in [-0.25, -0.2) is 15.0 Å². The van der Waals surface area contributed by atoms with E-state index >= 15 is 0 Å². The van der Waals surface area contributed by atoms with Crippen molar-refractivity contribution in [1.82, 2.24) is 25.3 Å². The summed E-state index contributed by atoms with van der Waals surface area (Å²) in [5.41, 5.74) is 6.71. The van der Waals surface area contributed by atoms with Crippen LogP contribution in [0.25, 0.3) is 11.1 Å². The molecule has 1 saturated heterocycles. The maximum Gasteiger partial charge on any atom is 0.458 e. The number of carboxylic acids is 1. The van der Waals surface area contributed by atoms with Gasteiger partial charge in [-0.15, -0.1) is 0 Å². The van der Waals surface area contributed by atoms with Crippen molar-refractivity contribution in [1.29, 1.82) is 0 Å². The van der Waals surface area contributed by atoms with Crippen LogP contribution in [0, 0.1) is 0 Å². The maximum absolute atomic E-state index is 12.1. The first-order chi connectivity index (χ1) is 26.7. The van der Waals surface area contributed by atoms with E-state index in [0.717, 1.165) is 85.6 Å². The number of aliphatic carboxylic acids is 1. The lowest BCUT2D eigenvalue weighted by Gasteiger charge is -2.34. The van der Waals surface area contributed by atoms with E-state index in [4.69, 9.17) is 4.98 Å². The number of rotatable bonds is 12. The molecule has 4 aromatic rings. The molecule has 56 heavy (non-hydrogen) atoms. The number of fused-ring (bicyclic) bond motifs is 1. The highest BCUT2D eigenvalue weighted by Crippen LogP contribution is 2.33. The van der Waals surface area contributed by atoms with Gasteiger partial charge < -0.3 is 20.6 Å². The molecule has 4 N–H and O–H groups in total. The molecule has 0 aliphatic carbocycles. The number of Topliss-reactive ketones (excluding diaryl/α,β-unsaturated/α-hetero) is 2. The maximum atomic E-state index is 12.1. The van der Waals surface area contributed by atoms with Crippen LogP contribution in [0.3, 0.4) is 0 Å². The van der Waals surface area contributed by atoms with E-state index in [-0.39, 0.29) is 6.54 Å². The summed E-state index contributed by atoms with van der Waals surface area (Å²) in [5, 5.41) is 19.9. The van der Waals surface area contributed by atoms with E-state index in [2.05, 4.69) is 54.9 Å². The summed E-state index contributed by atoms with van der Waals surface area (Å²) in [5.74, 6) is -4.62. The van der Waals surface area contributed by atoms with Gasteiger partial charge in [0, 0.05) is 62.3 Å². The molecule has 298 valence electrons. The summed E-state index contributed by atoms with van der Waals surface area (Å²) in [4.78, 5) is 51.9. The second-order valence-electron chi connectivity index (χ2n) is 13.2. The number of ketones is 2. The minimum absolute atomic E-state index is 0.202. The number of carboxylic acid groups (broad SMARTS) is 1. The van der Waals surface area contributed by atoms with Gasteiger partial charge >= 0.3 is 29.9 Å². The Morgan fingerprint density at radius 3 is 2.16 bits per heavy atom. The average molecular weight is 787 g/mol. The van der Waals surface area contributed by atoms with Crippen molar-refractivity contribution in [2.45, 2.75) is 69.9 Å². The van der Waals surface area contributed by atoms with Crippen LogP contribution in [-0.2, 0) is 33.8 Å². The third-order valence-corrected chi connectivity index (χ3v) is 9.42. The Balaban J connectivity index is 0.000000433. The van der Waals surface area contributed by atoms with E-state index in [0.29, 0.717) is 18.3 Å². The lowest BCUT2D eigenvalue weighted by molar-refractivity contribution is -0.193. The molecule has 2 aliphatic heterocycles. The van der Waals surface area contributed by atoms with Gasteiger partial charge in [0.15, 0.2) is 0 Å². The van der Waals surface area contributed by atoms with Gasteiger partial charge in [-0.2, -0.15) is 26.3 Å². The van der Waals surface area contributed by atoms with Crippen molar-refractivity contribution in [2.75, 3.05) is 41.7 Å². The standard InChI is InChI=1S/C34H40N8O2.C4F6O2/c1-2-28-32(38-21-30(34(43)44)37-20-23-5-7-24(8-6-23)25-11-16-35-17-12-25)39-22-40-33(28)42-18-13-26(14-19-42)29-10-9-27-4-3-15-36-31(27)41-29;5-3(6,7)1(11)2(12)4(8,9)10/h5-12,16-17,22,26,30,37H,2-4,13-15,18-21H2,1H3,(H,36,41)(H,43,44)(H,38,39,40);/t30-;/m0./s1. The van der Waals surface area contributed by atoms with Crippen LogP contribution in [0.1, 0.15) is 54.5 Å². The predicted molar refractivity (Wildman–Crippen MR) is 195 cm³/mol. The molecule has 0 unspecified atom stereocenters. The van der Waals surface area contributed by atoms with Gasteiger partial charge in [-0.1, -0.05) is 37.3 Å². The number of pyridine rings is 2. The number of anilines is 3. The predicted octanol–water partition coefficient (Wildman–Crippen LogP) is 6.14. The van der Waals surface area contributed by atoms with Gasteiger partial charge in [0.2, 0.25) is 0 Å². The molecule has 0 saturated carbocycles.